The Labute approximate surface area is 140 Å². The van der Waals surface area contributed by atoms with Crippen LogP contribution < -0.4 is 14.4 Å². The summed E-state index contributed by atoms with van der Waals surface area (Å²) in [4.78, 5) is 26.1. The standard InChI is InChI=1S/C18H19NO5/c1-19(2)12-6-7-13(18(21)22)14(10-12)17(20)11-5-8-15(23-3)16(9-11)24-4/h5-10H,1-4H3,(H,21,22). The molecule has 0 radical (unpaired) electrons. The average Bonchev–Trinajstić information content (AvgIpc) is 2.59. The van der Waals surface area contributed by atoms with Gasteiger partial charge in [-0.05, 0) is 36.4 Å². The van der Waals surface area contributed by atoms with E-state index in [0.717, 1.165) is 5.69 Å². The summed E-state index contributed by atoms with van der Waals surface area (Å²) >= 11 is 0. The van der Waals surface area contributed by atoms with Gasteiger partial charge in [-0.2, -0.15) is 0 Å². The first kappa shape index (κ1) is 17.3. The number of benzene rings is 2. The van der Waals surface area contributed by atoms with E-state index in [1.54, 1.807) is 29.2 Å². The highest BCUT2D eigenvalue weighted by Crippen LogP contribution is 2.29. The second kappa shape index (κ2) is 7.04. The van der Waals surface area contributed by atoms with Crippen molar-refractivity contribution < 1.29 is 24.2 Å². The lowest BCUT2D eigenvalue weighted by Crippen LogP contribution is -2.14. The third-order valence-electron chi connectivity index (χ3n) is 3.64. The zero-order chi connectivity index (χ0) is 17.9. The number of methoxy groups -OCH3 is 2. The molecule has 0 aliphatic carbocycles. The largest absolute Gasteiger partial charge is 0.493 e. The van der Waals surface area contributed by atoms with Crippen molar-refractivity contribution in [1.82, 2.24) is 0 Å². The molecule has 0 unspecified atom stereocenters. The number of hydrogen-bond acceptors (Lipinski definition) is 5. The van der Waals surface area contributed by atoms with E-state index in [2.05, 4.69) is 0 Å². The summed E-state index contributed by atoms with van der Waals surface area (Å²) in [5, 5.41) is 9.36. The Kier molecular flexibility index (Phi) is 5.08. The number of carbonyl (C=O) groups is 2. The van der Waals surface area contributed by atoms with Crippen LogP contribution in [0.25, 0.3) is 0 Å². The van der Waals surface area contributed by atoms with Gasteiger partial charge in [-0.3, -0.25) is 4.79 Å². The molecule has 0 spiro atoms. The zero-order valence-electron chi connectivity index (χ0n) is 14.0. The van der Waals surface area contributed by atoms with Gasteiger partial charge in [0.15, 0.2) is 17.3 Å². The summed E-state index contributed by atoms with van der Waals surface area (Å²) in [5.41, 5.74) is 1.15. The molecule has 2 aromatic carbocycles. The summed E-state index contributed by atoms with van der Waals surface area (Å²) in [5.74, 6) is -0.639. The van der Waals surface area contributed by atoms with Crippen molar-refractivity contribution in [3.8, 4) is 11.5 Å². The van der Waals surface area contributed by atoms with Crippen LogP contribution in [-0.4, -0.2) is 45.2 Å². The molecule has 0 saturated carbocycles. The second-order valence-corrected chi connectivity index (χ2v) is 5.33. The van der Waals surface area contributed by atoms with Gasteiger partial charge in [0.1, 0.15) is 0 Å². The topological polar surface area (TPSA) is 76.1 Å². The van der Waals surface area contributed by atoms with Crippen molar-refractivity contribution in [1.29, 1.82) is 0 Å². The molecular formula is C18H19NO5. The molecule has 0 aliphatic rings. The van der Waals surface area contributed by atoms with E-state index in [1.165, 1.54) is 26.4 Å². The highest BCUT2D eigenvalue weighted by atomic mass is 16.5. The van der Waals surface area contributed by atoms with Crippen molar-refractivity contribution in [3.63, 3.8) is 0 Å². The molecule has 0 amide bonds. The van der Waals surface area contributed by atoms with Crippen molar-refractivity contribution in [2.75, 3.05) is 33.2 Å². The van der Waals surface area contributed by atoms with Crippen LogP contribution in [0.15, 0.2) is 36.4 Å². The lowest BCUT2D eigenvalue weighted by molar-refractivity contribution is 0.0693. The maximum Gasteiger partial charge on any atom is 0.336 e. The molecule has 0 bridgehead atoms. The molecule has 0 aromatic heterocycles. The number of rotatable bonds is 6. The van der Waals surface area contributed by atoms with E-state index in [0.29, 0.717) is 17.1 Å². The first-order valence-electron chi connectivity index (χ1n) is 7.20. The summed E-state index contributed by atoms with van der Waals surface area (Å²) in [6, 6.07) is 9.40. The maximum absolute atomic E-state index is 12.8. The highest BCUT2D eigenvalue weighted by molar-refractivity contribution is 6.15. The lowest BCUT2D eigenvalue weighted by atomic mass is 9.97. The van der Waals surface area contributed by atoms with Gasteiger partial charge >= 0.3 is 5.97 Å². The maximum atomic E-state index is 12.8. The van der Waals surface area contributed by atoms with Gasteiger partial charge in [0.2, 0.25) is 0 Å². The van der Waals surface area contributed by atoms with Crippen LogP contribution in [0.1, 0.15) is 26.3 Å². The number of anilines is 1. The molecule has 6 nitrogen and oxygen atoms in total. The Hall–Kier alpha value is -3.02. The van der Waals surface area contributed by atoms with Gasteiger partial charge in [-0.25, -0.2) is 4.79 Å². The summed E-state index contributed by atoms with van der Waals surface area (Å²) in [6.45, 7) is 0. The third kappa shape index (κ3) is 3.32. The fraction of sp³-hybridized carbons (Fsp3) is 0.222. The first-order chi connectivity index (χ1) is 11.4. The van der Waals surface area contributed by atoms with Crippen molar-refractivity contribution in [3.05, 3.63) is 53.1 Å². The number of hydrogen-bond donors (Lipinski definition) is 1. The van der Waals surface area contributed by atoms with E-state index in [4.69, 9.17) is 9.47 Å². The quantitative estimate of drug-likeness (QED) is 0.821. The third-order valence-corrected chi connectivity index (χ3v) is 3.64. The summed E-state index contributed by atoms with van der Waals surface area (Å²) in [6.07, 6.45) is 0. The number of nitrogens with zero attached hydrogens (tertiary/aromatic N) is 1. The van der Waals surface area contributed by atoms with Crippen LogP contribution >= 0.6 is 0 Å². The Bertz CT molecular complexity index is 783. The summed E-state index contributed by atoms with van der Waals surface area (Å²) < 4.78 is 10.4. The number of ketones is 1. The lowest BCUT2D eigenvalue weighted by Gasteiger charge is -2.15. The molecule has 6 heteroatoms. The van der Waals surface area contributed by atoms with Gasteiger partial charge in [0, 0.05) is 30.9 Å². The van der Waals surface area contributed by atoms with Crippen LogP contribution in [-0.2, 0) is 0 Å². The molecule has 0 aliphatic heterocycles. The minimum Gasteiger partial charge on any atom is -0.493 e. The van der Waals surface area contributed by atoms with Gasteiger partial charge in [-0.1, -0.05) is 0 Å². The van der Waals surface area contributed by atoms with E-state index < -0.39 is 11.8 Å². The molecule has 24 heavy (non-hydrogen) atoms. The van der Waals surface area contributed by atoms with Crippen LogP contribution in [0, 0.1) is 0 Å². The second-order valence-electron chi connectivity index (χ2n) is 5.33. The van der Waals surface area contributed by atoms with Gasteiger partial charge < -0.3 is 19.5 Å². The Morgan fingerprint density at radius 2 is 1.58 bits per heavy atom. The van der Waals surface area contributed by atoms with E-state index in [1.807, 2.05) is 14.1 Å². The zero-order valence-corrected chi connectivity index (χ0v) is 14.0. The Morgan fingerprint density at radius 1 is 0.917 bits per heavy atom. The number of aromatic carboxylic acids is 1. The average molecular weight is 329 g/mol. The van der Waals surface area contributed by atoms with Crippen LogP contribution in [0.5, 0.6) is 11.5 Å². The normalized spacial score (nSPS) is 10.2. The molecule has 0 atom stereocenters. The van der Waals surface area contributed by atoms with Gasteiger partial charge in [0.05, 0.1) is 19.8 Å². The smallest absolute Gasteiger partial charge is 0.336 e. The number of carboxylic acids is 1. The molecule has 0 fully saturated rings. The minimum absolute atomic E-state index is 0.0413. The molecule has 1 N–H and O–H groups in total. The first-order valence-corrected chi connectivity index (χ1v) is 7.20. The Morgan fingerprint density at radius 3 is 2.12 bits per heavy atom. The number of carbonyl (C=O) groups excluding carboxylic acids is 1. The van der Waals surface area contributed by atoms with E-state index in [-0.39, 0.29) is 11.1 Å². The molecule has 2 rings (SSSR count). The van der Waals surface area contributed by atoms with Crippen LogP contribution in [0.4, 0.5) is 5.69 Å². The monoisotopic (exact) mass is 329 g/mol. The number of ether oxygens (including phenoxy) is 2. The van der Waals surface area contributed by atoms with Crippen molar-refractivity contribution in [2.24, 2.45) is 0 Å². The van der Waals surface area contributed by atoms with Gasteiger partial charge in [0.25, 0.3) is 0 Å². The predicted molar refractivity (Wildman–Crippen MR) is 90.7 cm³/mol. The summed E-state index contributed by atoms with van der Waals surface area (Å²) in [7, 11) is 6.62. The predicted octanol–water partition coefficient (Wildman–Crippen LogP) is 2.70. The minimum atomic E-state index is -1.15. The van der Waals surface area contributed by atoms with Crippen LogP contribution in [0.2, 0.25) is 0 Å². The molecule has 2 aromatic rings. The van der Waals surface area contributed by atoms with Crippen LogP contribution in [0.3, 0.4) is 0 Å². The molecule has 0 saturated heterocycles. The van der Waals surface area contributed by atoms with Gasteiger partial charge in [-0.15, -0.1) is 0 Å². The van der Waals surface area contributed by atoms with Crippen molar-refractivity contribution in [2.45, 2.75) is 0 Å². The molecular weight excluding hydrogens is 310 g/mol. The fourth-order valence-corrected chi connectivity index (χ4v) is 2.32. The number of carboxylic acid groups (broad SMARTS) is 1. The fourth-order valence-electron chi connectivity index (χ4n) is 2.32. The SMILES string of the molecule is COc1ccc(C(=O)c2cc(N(C)C)ccc2C(=O)O)cc1OC. The molecule has 0 heterocycles. The Balaban J connectivity index is 2.56. The van der Waals surface area contributed by atoms with Crippen molar-refractivity contribution >= 4 is 17.4 Å². The van der Waals surface area contributed by atoms with E-state index in [9.17, 15) is 14.7 Å². The molecule has 126 valence electrons. The van der Waals surface area contributed by atoms with E-state index >= 15 is 0 Å². The highest BCUT2D eigenvalue weighted by Gasteiger charge is 2.20.